The number of nitrogens with zero attached hydrogens (tertiary/aromatic N) is 2. The van der Waals surface area contributed by atoms with Gasteiger partial charge in [0.1, 0.15) is 5.82 Å². The Hall–Kier alpha value is -1.48. The van der Waals surface area contributed by atoms with E-state index >= 15 is 0 Å². The average molecular weight is 317 g/mol. The first kappa shape index (κ1) is 14.1. The number of fused-ring (bicyclic) bond motifs is 5. The molecule has 1 saturated carbocycles. The molecule has 2 unspecified atom stereocenters. The molecule has 1 heterocycles. The molecule has 0 amide bonds. The fourth-order valence-corrected chi connectivity index (χ4v) is 4.69. The predicted molar refractivity (Wildman–Crippen MR) is 85.5 cm³/mol. The summed E-state index contributed by atoms with van der Waals surface area (Å²) in [5.41, 5.74) is 3.44. The predicted octanol–water partition coefficient (Wildman–Crippen LogP) is 5.11. The van der Waals surface area contributed by atoms with Gasteiger partial charge in [-0.1, -0.05) is 38.4 Å². The fourth-order valence-electron chi connectivity index (χ4n) is 4.43. The van der Waals surface area contributed by atoms with Gasteiger partial charge in [0.05, 0.1) is 22.0 Å². The molecular weight excluding hydrogens is 299 g/mol. The Morgan fingerprint density at radius 1 is 1.23 bits per heavy atom. The van der Waals surface area contributed by atoms with Gasteiger partial charge in [-0.15, -0.1) is 0 Å². The summed E-state index contributed by atoms with van der Waals surface area (Å²) in [6.45, 7) is 6.90. The second kappa shape index (κ2) is 4.29. The molecule has 0 N–H and O–H groups in total. The molecule has 0 spiro atoms. The van der Waals surface area contributed by atoms with E-state index in [0.717, 1.165) is 18.5 Å². The standard InChI is InChI=1S/C18H18ClFN2/c1-17(2)11-7-8-18(17,3)16-10(11)9-14(21-22-16)15-12(19)5-4-6-13(15)20/h4-6,9,11H,7-8H2,1-3H3. The maximum atomic E-state index is 14.2. The van der Waals surface area contributed by atoms with Crippen molar-refractivity contribution in [2.75, 3.05) is 0 Å². The molecule has 0 saturated heterocycles. The highest BCUT2D eigenvalue weighted by Gasteiger charge is 2.60. The Kier molecular flexibility index (Phi) is 2.75. The second-order valence-corrected chi connectivity index (χ2v) is 7.68. The number of hydrogen-bond donors (Lipinski definition) is 0. The third-order valence-electron chi connectivity index (χ3n) is 6.17. The van der Waals surface area contributed by atoms with Gasteiger partial charge in [-0.3, -0.25) is 0 Å². The molecule has 22 heavy (non-hydrogen) atoms. The molecule has 4 rings (SSSR count). The van der Waals surface area contributed by atoms with Gasteiger partial charge in [0.2, 0.25) is 0 Å². The summed E-state index contributed by atoms with van der Waals surface area (Å²) >= 11 is 6.17. The Morgan fingerprint density at radius 3 is 2.73 bits per heavy atom. The van der Waals surface area contributed by atoms with E-state index < -0.39 is 0 Å². The molecule has 1 fully saturated rings. The first-order chi connectivity index (χ1) is 10.4. The van der Waals surface area contributed by atoms with Crippen LogP contribution in [0.25, 0.3) is 11.3 Å². The highest BCUT2D eigenvalue weighted by atomic mass is 35.5. The highest BCUT2D eigenvalue weighted by molar-refractivity contribution is 6.33. The second-order valence-electron chi connectivity index (χ2n) is 7.28. The lowest BCUT2D eigenvalue weighted by atomic mass is 9.70. The third kappa shape index (κ3) is 1.55. The minimum absolute atomic E-state index is 0.0670. The number of rotatable bonds is 1. The third-order valence-corrected chi connectivity index (χ3v) is 6.48. The molecule has 2 bridgehead atoms. The molecule has 2 aliphatic rings. The van der Waals surface area contributed by atoms with Crippen LogP contribution >= 0.6 is 11.6 Å². The molecule has 1 aromatic carbocycles. The van der Waals surface area contributed by atoms with E-state index in [1.807, 2.05) is 6.07 Å². The van der Waals surface area contributed by atoms with Crippen molar-refractivity contribution in [3.63, 3.8) is 0 Å². The van der Waals surface area contributed by atoms with E-state index in [4.69, 9.17) is 11.6 Å². The minimum atomic E-state index is -0.352. The van der Waals surface area contributed by atoms with Crippen LogP contribution in [0.1, 0.15) is 50.8 Å². The fraction of sp³-hybridized carbons (Fsp3) is 0.444. The Labute approximate surface area is 134 Å². The molecule has 2 nitrogen and oxygen atoms in total. The summed E-state index contributed by atoms with van der Waals surface area (Å²) in [5, 5.41) is 9.17. The normalized spacial score (nSPS) is 28.0. The Bertz CT molecular complexity index is 766. The van der Waals surface area contributed by atoms with E-state index in [9.17, 15) is 4.39 Å². The largest absolute Gasteiger partial charge is 0.206 e. The smallest absolute Gasteiger partial charge is 0.134 e. The topological polar surface area (TPSA) is 25.8 Å². The van der Waals surface area contributed by atoms with Crippen molar-refractivity contribution >= 4 is 11.6 Å². The summed E-state index contributed by atoms with van der Waals surface area (Å²) in [7, 11) is 0. The number of hydrogen-bond acceptors (Lipinski definition) is 2. The molecule has 2 aliphatic carbocycles. The number of aromatic nitrogens is 2. The summed E-state index contributed by atoms with van der Waals surface area (Å²) < 4.78 is 14.2. The molecule has 2 atom stereocenters. The Balaban J connectivity index is 1.92. The summed E-state index contributed by atoms with van der Waals surface area (Å²) in [6.07, 6.45) is 2.30. The zero-order valence-electron chi connectivity index (χ0n) is 13.0. The molecular formula is C18H18ClFN2. The van der Waals surface area contributed by atoms with E-state index in [0.29, 0.717) is 22.2 Å². The van der Waals surface area contributed by atoms with Crippen LogP contribution in [0, 0.1) is 11.2 Å². The lowest BCUT2D eigenvalue weighted by Gasteiger charge is -2.33. The van der Waals surface area contributed by atoms with Crippen LogP contribution in [0.4, 0.5) is 4.39 Å². The van der Waals surface area contributed by atoms with E-state index in [2.05, 4.69) is 31.0 Å². The molecule has 2 aromatic rings. The van der Waals surface area contributed by atoms with Crippen LogP contribution in [0.3, 0.4) is 0 Å². The Morgan fingerprint density at radius 2 is 2.00 bits per heavy atom. The van der Waals surface area contributed by atoms with Crippen molar-refractivity contribution in [3.8, 4) is 11.3 Å². The molecule has 0 aliphatic heterocycles. The summed E-state index contributed by atoms with van der Waals surface area (Å²) in [5.74, 6) is 0.114. The summed E-state index contributed by atoms with van der Waals surface area (Å²) in [6, 6.07) is 6.71. The van der Waals surface area contributed by atoms with Gasteiger partial charge in [0.15, 0.2) is 0 Å². The maximum Gasteiger partial charge on any atom is 0.134 e. The number of benzene rings is 1. The van der Waals surface area contributed by atoms with Crippen LogP contribution in [-0.2, 0) is 5.41 Å². The number of halogens is 2. The van der Waals surface area contributed by atoms with Crippen LogP contribution in [0.15, 0.2) is 24.3 Å². The van der Waals surface area contributed by atoms with Crippen LogP contribution in [0.2, 0.25) is 5.02 Å². The quantitative estimate of drug-likeness (QED) is 0.730. The van der Waals surface area contributed by atoms with Gasteiger partial charge in [-0.05, 0) is 47.9 Å². The van der Waals surface area contributed by atoms with E-state index in [-0.39, 0.29) is 16.6 Å². The van der Waals surface area contributed by atoms with E-state index in [1.165, 1.54) is 11.6 Å². The van der Waals surface area contributed by atoms with Crippen molar-refractivity contribution in [2.24, 2.45) is 5.41 Å². The van der Waals surface area contributed by atoms with Crippen molar-refractivity contribution in [1.29, 1.82) is 0 Å². The molecule has 4 heteroatoms. The first-order valence-electron chi connectivity index (χ1n) is 7.69. The lowest BCUT2D eigenvalue weighted by Crippen LogP contribution is -2.32. The average Bonchev–Trinajstić information content (AvgIpc) is 2.78. The van der Waals surface area contributed by atoms with Crippen LogP contribution < -0.4 is 0 Å². The lowest BCUT2D eigenvalue weighted by molar-refractivity contribution is 0.226. The van der Waals surface area contributed by atoms with Crippen molar-refractivity contribution in [3.05, 3.63) is 46.4 Å². The molecule has 0 radical (unpaired) electrons. The van der Waals surface area contributed by atoms with Crippen molar-refractivity contribution in [1.82, 2.24) is 10.2 Å². The van der Waals surface area contributed by atoms with Gasteiger partial charge < -0.3 is 0 Å². The minimum Gasteiger partial charge on any atom is -0.206 e. The molecule has 114 valence electrons. The zero-order chi connectivity index (χ0) is 15.7. The zero-order valence-corrected chi connectivity index (χ0v) is 13.7. The van der Waals surface area contributed by atoms with Crippen molar-refractivity contribution < 1.29 is 4.39 Å². The van der Waals surface area contributed by atoms with Crippen molar-refractivity contribution in [2.45, 2.75) is 44.9 Å². The van der Waals surface area contributed by atoms with Crippen LogP contribution in [-0.4, -0.2) is 10.2 Å². The SMILES string of the molecule is CC12CCC(c3cc(-c4c(F)cccc4Cl)nnc31)C2(C)C. The van der Waals surface area contributed by atoms with Gasteiger partial charge >= 0.3 is 0 Å². The molecule has 1 aromatic heterocycles. The first-order valence-corrected chi connectivity index (χ1v) is 8.06. The van der Waals surface area contributed by atoms with Crippen LogP contribution in [0.5, 0.6) is 0 Å². The van der Waals surface area contributed by atoms with Gasteiger partial charge in [-0.2, -0.15) is 10.2 Å². The highest BCUT2D eigenvalue weighted by Crippen LogP contribution is 2.67. The van der Waals surface area contributed by atoms with Gasteiger partial charge in [0, 0.05) is 5.41 Å². The maximum absolute atomic E-state index is 14.2. The van der Waals surface area contributed by atoms with Gasteiger partial charge in [0.25, 0.3) is 0 Å². The van der Waals surface area contributed by atoms with Gasteiger partial charge in [-0.25, -0.2) is 4.39 Å². The van der Waals surface area contributed by atoms with E-state index in [1.54, 1.807) is 12.1 Å². The monoisotopic (exact) mass is 316 g/mol. The summed E-state index contributed by atoms with van der Waals surface area (Å²) in [4.78, 5) is 0.